The molecular weight excluding hydrogens is 503 g/mol. The molecule has 14 heteroatoms. The van der Waals surface area contributed by atoms with Gasteiger partial charge in [0.2, 0.25) is 5.85 Å². The highest BCUT2D eigenvalue weighted by Gasteiger charge is 2.45. The quantitative estimate of drug-likeness (QED) is 0.147. The van der Waals surface area contributed by atoms with Crippen LogP contribution in [0, 0.1) is 5.92 Å². The number of halogens is 1. The third-order valence-corrected chi connectivity index (χ3v) is 14.8. The Labute approximate surface area is 208 Å². The summed E-state index contributed by atoms with van der Waals surface area (Å²) in [7, 11) is 5.53. The number of ether oxygens (including phenoxy) is 1. The van der Waals surface area contributed by atoms with Crippen LogP contribution in [-0.4, -0.2) is 103 Å². The highest BCUT2D eigenvalue weighted by molar-refractivity contribution is 6.61. The third-order valence-electron chi connectivity index (χ3n) is 6.39. The fourth-order valence-corrected chi connectivity index (χ4v) is 9.13. The molecule has 0 saturated heterocycles. The van der Waals surface area contributed by atoms with Gasteiger partial charge in [0.25, 0.3) is 0 Å². The van der Waals surface area contributed by atoms with Crippen LogP contribution in [0.1, 0.15) is 32.6 Å². The fourth-order valence-electron chi connectivity index (χ4n) is 3.81. The molecule has 0 fully saturated rings. The second-order valence-corrected chi connectivity index (χ2v) is 17.2. The molecule has 0 bridgehead atoms. The van der Waals surface area contributed by atoms with Crippen LogP contribution in [0.25, 0.3) is 0 Å². The normalized spacial score (nSPS) is 16.0. The molecule has 0 rings (SSSR count). The monoisotopic (exact) mass is 550 g/mol. The smallest absolute Gasteiger partial charge is 0.377 e. The van der Waals surface area contributed by atoms with Crippen LogP contribution in [0.5, 0.6) is 0 Å². The van der Waals surface area contributed by atoms with E-state index in [-0.39, 0.29) is 13.0 Å². The van der Waals surface area contributed by atoms with Crippen LogP contribution >= 0.6 is 0 Å². The molecule has 0 aliphatic rings. The molecule has 2 atom stereocenters. The molecular formula is C20H47FO10Si3. The fraction of sp³-hybridized carbons (Fsp3) is 1.00. The SMILES string of the molecule is CO[Si](CCCOC(F)(CCC[Si](OC)(OC)OC)C(C)CC[Si](OC)(OC)OC)(OC)OC. The van der Waals surface area contributed by atoms with Crippen molar-refractivity contribution < 1.29 is 49.0 Å². The summed E-state index contributed by atoms with van der Waals surface area (Å²) in [5, 5.41) is 0. The molecule has 206 valence electrons. The van der Waals surface area contributed by atoms with Crippen molar-refractivity contribution >= 4 is 26.4 Å². The van der Waals surface area contributed by atoms with E-state index >= 15 is 4.39 Å². The van der Waals surface area contributed by atoms with Crippen LogP contribution in [0.4, 0.5) is 4.39 Å². The van der Waals surface area contributed by atoms with Crippen molar-refractivity contribution in [3.8, 4) is 0 Å². The highest BCUT2D eigenvalue weighted by Crippen LogP contribution is 2.36. The van der Waals surface area contributed by atoms with Crippen LogP contribution in [0.2, 0.25) is 18.1 Å². The molecule has 0 amide bonds. The van der Waals surface area contributed by atoms with E-state index in [1.807, 2.05) is 6.92 Å². The molecule has 0 aromatic carbocycles. The Bertz CT molecular complexity index is 500. The Morgan fingerprint density at radius 2 is 0.941 bits per heavy atom. The average Bonchev–Trinajstić information content (AvgIpc) is 2.88. The largest absolute Gasteiger partial charge is 0.500 e. The number of alkyl halides is 1. The maximum atomic E-state index is 16.3. The van der Waals surface area contributed by atoms with Gasteiger partial charge < -0.3 is 44.6 Å². The molecule has 2 unspecified atom stereocenters. The third kappa shape index (κ3) is 9.91. The first-order valence-corrected chi connectivity index (χ1v) is 17.2. The van der Waals surface area contributed by atoms with Crippen molar-refractivity contribution in [1.82, 2.24) is 0 Å². The van der Waals surface area contributed by atoms with Crippen LogP contribution in [0.3, 0.4) is 0 Å². The van der Waals surface area contributed by atoms with E-state index in [1.54, 1.807) is 64.0 Å². The molecule has 0 aliphatic carbocycles. The van der Waals surface area contributed by atoms with Gasteiger partial charge in [-0.2, -0.15) is 0 Å². The zero-order valence-electron chi connectivity index (χ0n) is 22.7. The van der Waals surface area contributed by atoms with Crippen molar-refractivity contribution in [3.63, 3.8) is 0 Å². The van der Waals surface area contributed by atoms with Gasteiger partial charge >= 0.3 is 26.4 Å². The first kappa shape index (κ1) is 34.2. The molecule has 0 aliphatic heterocycles. The van der Waals surface area contributed by atoms with Gasteiger partial charge in [0.15, 0.2) is 0 Å². The summed E-state index contributed by atoms with van der Waals surface area (Å²) in [5.41, 5.74) is 0. The lowest BCUT2D eigenvalue weighted by Crippen LogP contribution is -2.45. The highest BCUT2D eigenvalue weighted by atomic mass is 28.4. The van der Waals surface area contributed by atoms with E-state index in [1.165, 1.54) is 0 Å². The molecule has 0 aromatic rings. The molecule has 0 spiro atoms. The minimum absolute atomic E-state index is 0.155. The lowest BCUT2D eigenvalue weighted by molar-refractivity contribution is -0.185. The first-order chi connectivity index (χ1) is 16.1. The second kappa shape index (κ2) is 16.8. The predicted octanol–water partition coefficient (Wildman–Crippen LogP) is 3.50. The van der Waals surface area contributed by atoms with Gasteiger partial charge in [0, 0.05) is 94.5 Å². The summed E-state index contributed by atoms with van der Waals surface area (Å²) >= 11 is 0. The van der Waals surface area contributed by atoms with Crippen LogP contribution in [-0.2, 0) is 44.6 Å². The Balaban J connectivity index is 5.32. The number of hydrogen-bond donors (Lipinski definition) is 0. The molecule has 0 aromatic heterocycles. The van der Waals surface area contributed by atoms with Crippen LogP contribution in [0.15, 0.2) is 0 Å². The van der Waals surface area contributed by atoms with Crippen molar-refractivity contribution in [2.75, 3.05) is 70.6 Å². The minimum atomic E-state index is -2.83. The second-order valence-electron chi connectivity index (χ2n) is 7.92. The molecule has 10 nitrogen and oxygen atoms in total. The predicted molar refractivity (Wildman–Crippen MR) is 132 cm³/mol. The molecule has 0 radical (unpaired) electrons. The van der Waals surface area contributed by atoms with Crippen LogP contribution < -0.4 is 0 Å². The van der Waals surface area contributed by atoms with Gasteiger partial charge in [-0.15, -0.1) is 0 Å². The van der Waals surface area contributed by atoms with E-state index in [0.29, 0.717) is 37.4 Å². The summed E-state index contributed by atoms with van der Waals surface area (Å²) < 4.78 is 71.4. The summed E-state index contributed by atoms with van der Waals surface area (Å²) in [6, 6.07) is 1.45. The number of hydrogen-bond acceptors (Lipinski definition) is 10. The summed E-state index contributed by atoms with van der Waals surface area (Å²) in [6.45, 7) is 2.01. The average molecular weight is 551 g/mol. The van der Waals surface area contributed by atoms with Gasteiger partial charge in [-0.25, -0.2) is 4.39 Å². The van der Waals surface area contributed by atoms with Gasteiger partial charge in [-0.3, -0.25) is 0 Å². The zero-order valence-corrected chi connectivity index (χ0v) is 25.7. The standard InChI is InChI=1S/C20H47FO10Si3/c1-19(13-18-34(28-8,29-9)30-10)20(21,14-11-16-32(22-2,23-3)24-4)31-15-12-17-33(25-5,26-6)27-7/h19H,11-18H2,1-10H3. The Hall–Kier alpha value is 0.181. The molecule has 34 heavy (non-hydrogen) atoms. The Morgan fingerprint density at radius 3 is 1.32 bits per heavy atom. The van der Waals surface area contributed by atoms with Crippen molar-refractivity contribution in [3.05, 3.63) is 0 Å². The zero-order chi connectivity index (χ0) is 26.3. The maximum absolute atomic E-state index is 16.3. The first-order valence-electron chi connectivity index (χ1n) is 11.4. The Kier molecular flexibility index (Phi) is 16.9. The van der Waals surface area contributed by atoms with Crippen molar-refractivity contribution in [1.29, 1.82) is 0 Å². The number of rotatable bonds is 22. The van der Waals surface area contributed by atoms with E-state index in [2.05, 4.69) is 0 Å². The molecule has 0 saturated carbocycles. The van der Waals surface area contributed by atoms with Gasteiger partial charge in [-0.1, -0.05) is 6.92 Å². The van der Waals surface area contributed by atoms with Crippen molar-refractivity contribution in [2.45, 2.75) is 56.6 Å². The van der Waals surface area contributed by atoms with Crippen molar-refractivity contribution in [2.24, 2.45) is 5.92 Å². The van der Waals surface area contributed by atoms with E-state index in [9.17, 15) is 0 Å². The van der Waals surface area contributed by atoms with E-state index in [0.717, 1.165) is 0 Å². The summed E-state index contributed by atoms with van der Waals surface area (Å²) in [5.74, 6) is -2.33. The van der Waals surface area contributed by atoms with Gasteiger partial charge in [-0.05, 0) is 19.3 Å². The Morgan fingerprint density at radius 1 is 0.588 bits per heavy atom. The molecule has 0 heterocycles. The topological polar surface area (TPSA) is 92.3 Å². The lowest BCUT2D eigenvalue weighted by atomic mass is 9.95. The maximum Gasteiger partial charge on any atom is 0.500 e. The lowest BCUT2D eigenvalue weighted by Gasteiger charge is -2.34. The minimum Gasteiger partial charge on any atom is -0.377 e. The summed E-state index contributed by atoms with van der Waals surface area (Å²) in [6.07, 6.45) is 1.62. The van der Waals surface area contributed by atoms with Gasteiger partial charge in [0.05, 0.1) is 6.61 Å². The van der Waals surface area contributed by atoms with E-state index < -0.39 is 38.2 Å². The summed E-state index contributed by atoms with van der Waals surface area (Å²) in [4.78, 5) is 0. The molecule has 0 N–H and O–H groups in total. The van der Waals surface area contributed by atoms with Gasteiger partial charge in [0.1, 0.15) is 0 Å². The van der Waals surface area contributed by atoms with E-state index in [4.69, 9.17) is 44.6 Å².